The van der Waals surface area contributed by atoms with Crippen LogP contribution in [-0.2, 0) is 19.6 Å². The lowest BCUT2D eigenvalue weighted by Crippen LogP contribution is -2.26. The minimum absolute atomic E-state index is 0.343. The van der Waals surface area contributed by atoms with Crippen LogP contribution in [0.5, 0.6) is 0 Å². The van der Waals surface area contributed by atoms with Gasteiger partial charge in [0.2, 0.25) is 0 Å². The molecule has 4 rings (SSSR count). The van der Waals surface area contributed by atoms with E-state index >= 15 is 0 Å². The first kappa shape index (κ1) is 24.8. The molecule has 0 aliphatic rings. The smallest absolute Gasteiger partial charge is 0.140 e. The summed E-state index contributed by atoms with van der Waals surface area (Å²) in [6.45, 7) is 6.87. The monoisotopic (exact) mass is 473 g/mol. The van der Waals surface area contributed by atoms with Gasteiger partial charge in [0.05, 0.1) is 11.4 Å². The number of hydrogen-bond donors (Lipinski definition) is 0. The average Bonchev–Trinajstić information content (AvgIpc) is 3.24. The zero-order chi connectivity index (χ0) is 24.6. The summed E-state index contributed by atoms with van der Waals surface area (Å²) in [6, 6.07) is 24.2. The van der Waals surface area contributed by atoms with Crippen LogP contribution in [0.2, 0.25) is 0 Å². The molecule has 0 radical (unpaired) electrons. The van der Waals surface area contributed by atoms with Crippen molar-refractivity contribution in [2.45, 2.75) is 52.7 Å². The number of unbranched alkanes of at least 4 members (excludes halogenated alkanes) is 1. The SMILES string of the molecule is CCCCN(Cc1cc(F)ccc1F)Cc1c(-c2ccccc2)nc(-c2ccccc2)n1CCC. The summed E-state index contributed by atoms with van der Waals surface area (Å²) in [5.41, 5.74) is 4.55. The lowest BCUT2D eigenvalue weighted by atomic mass is 10.1. The Morgan fingerprint density at radius 1 is 0.800 bits per heavy atom. The molecule has 0 unspecified atom stereocenters. The van der Waals surface area contributed by atoms with Gasteiger partial charge in [0.15, 0.2) is 0 Å². The average molecular weight is 474 g/mol. The fourth-order valence-electron chi connectivity index (χ4n) is 4.46. The number of benzene rings is 3. The first-order valence-corrected chi connectivity index (χ1v) is 12.5. The highest BCUT2D eigenvalue weighted by Gasteiger charge is 2.22. The van der Waals surface area contributed by atoms with E-state index in [0.29, 0.717) is 18.7 Å². The number of rotatable bonds is 11. The standard InChI is InChI=1S/C30H33F2N3/c1-3-5-19-34(21-25-20-26(31)16-17-27(25)32)22-28-29(23-12-8-6-9-13-23)33-30(35(28)18-4-2)24-14-10-7-11-15-24/h6-17,20H,3-5,18-19,21-22H2,1-2H3. The molecule has 0 atom stereocenters. The maximum atomic E-state index is 14.5. The van der Waals surface area contributed by atoms with Gasteiger partial charge in [0.25, 0.3) is 0 Å². The van der Waals surface area contributed by atoms with Crippen LogP contribution < -0.4 is 0 Å². The molecular weight excluding hydrogens is 440 g/mol. The molecule has 0 aliphatic heterocycles. The molecule has 0 spiro atoms. The third kappa shape index (κ3) is 6.04. The minimum Gasteiger partial charge on any atom is -0.326 e. The Morgan fingerprint density at radius 3 is 2.14 bits per heavy atom. The fraction of sp³-hybridized carbons (Fsp3) is 0.300. The van der Waals surface area contributed by atoms with Gasteiger partial charge < -0.3 is 4.57 Å². The summed E-state index contributed by atoms with van der Waals surface area (Å²) in [7, 11) is 0. The lowest BCUT2D eigenvalue weighted by molar-refractivity contribution is 0.243. The van der Waals surface area contributed by atoms with Gasteiger partial charge in [-0.05, 0) is 37.6 Å². The van der Waals surface area contributed by atoms with Crippen molar-refractivity contribution in [2.75, 3.05) is 6.54 Å². The van der Waals surface area contributed by atoms with Crippen LogP contribution in [-0.4, -0.2) is 21.0 Å². The second kappa shape index (κ2) is 11.9. The van der Waals surface area contributed by atoms with Crippen molar-refractivity contribution in [3.05, 3.63) is 102 Å². The van der Waals surface area contributed by atoms with Gasteiger partial charge >= 0.3 is 0 Å². The van der Waals surface area contributed by atoms with Gasteiger partial charge in [-0.3, -0.25) is 4.90 Å². The lowest BCUT2D eigenvalue weighted by Gasteiger charge is -2.24. The molecule has 0 amide bonds. The van der Waals surface area contributed by atoms with E-state index in [9.17, 15) is 8.78 Å². The number of nitrogens with zero attached hydrogens (tertiary/aromatic N) is 3. The molecule has 182 valence electrons. The molecule has 35 heavy (non-hydrogen) atoms. The predicted molar refractivity (Wildman–Crippen MR) is 139 cm³/mol. The Bertz CT molecular complexity index is 1220. The van der Waals surface area contributed by atoms with Crippen LogP contribution in [0.25, 0.3) is 22.6 Å². The highest BCUT2D eigenvalue weighted by Crippen LogP contribution is 2.31. The van der Waals surface area contributed by atoms with E-state index in [4.69, 9.17) is 4.98 Å². The molecule has 1 heterocycles. The normalized spacial score (nSPS) is 11.3. The predicted octanol–water partition coefficient (Wildman–Crippen LogP) is 7.71. The maximum Gasteiger partial charge on any atom is 0.140 e. The highest BCUT2D eigenvalue weighted by molar-refractivity contribution is 5.68. The number of aromatic nitrogens is 2. The summed E-state index contributed by atoms with van der Waals surface area (Å²) in [4.78, 5) is 7.36. The largest absolute Gasteiger partial charge is 0.326 e. The zero-order valence-electron chi connectivity index (χ0n) is 20.6. The first-order chi connectivity index (χ1) is 17.1. The third-order valence-corrected chi connectivity index (χ3v) is 6.20. The minimum atomic E-state index is -0.413. The fourth-order valence-corrected chi connectivity index (χ4v) is 4.46. The Hall–Kier alpha value is -3.31. The Kier molecular flexibility index (Phi) is 8.43. The number of halogens is 2. The number of hydrogen-bond acceptors (Lipinski definition) is 2. The molecule has 1 aromatic heterocycles. The van der Waals surface area contributed by atoms with E-state index in [1.54, 1.807) is 0 Å². The molecule has 5 heteroatoms. The van der Waals surface area contributed by atoms with E-state index < -0.39 is 5.82 Å². The van der Waals surface area contributed by atoms with E-state index in [1.807, 2.05) is 36.4 Å². The second-order valence-electron chi connectivity index (χ2n) is 8.91. The topological polar surface area (TPSA) is 21.1 Å². The Labute approximate surface area is 207 Å². The van der Waals surface area contributed by atoms with Gasteiger partial charge in [-0.15, -0.1) is 0 Å². The molecule has 0 aliphatic carbocycles. The highest BCUT2D eigenvalue weighted by atomic mass is 19.1. The van der Waals surface area contributed by atoms with Gasteiger partial charge in [0.1, 0.15) is 17.5 Å². The van der Waals surface area contributed by atoms with Gasteiger partial charge in [-0.1, -0.05) is 80.9 Å². The quantitative estimate of drug-likeness (QED) is 0.222. The van der Waals surface area contributed by atoms with Gasteiger partial charge in [-0.25, -0.2) is 13.8 Å². The van der Waals surface area contributed by atoms with Crippen molar-refractivity contribution < 1.29 is 8.78 Å². The zero-order valence-corrected chi connectivity index (χ0v) is 20.6. The Balaban J connectivity index is 1.80. The van der Waals surface area contributed by atoms with Crippen molar-refractivity contribution >= 4 is 0 Å². The first-order valence-electron chi connectivity index (χ1n) is 12.5. The molecular formula is C30H33F2N3. The summed E-state index contributed by atoms with van der Waals surface area (Å²) >= 11 is 0. The summed E-state index contributed by atoms with van der Waals surface area (Å²) in [6.07, 6.45) is 2.97. The summed E-state index contributed by atoms with van der Waals surface area (Å²) in [5.74, 6) is 0.154. The van der Waals surface area contributed by atoms with Crippen molar-refractivity contribution in [1.82, 2.24) is 14.5 Å². The molecule has 0 bridgehead atoms. The molecule has 4 aromatic rings. The maximum absolute atomic E-state index is 14.5. The molecule has 0 saturated heterocycles. The van der Waals surface area contributed by atoms with Gasteiger partial charge in [-0.2, -0.15) is 0 Å². The molecule has 3 nitrogen and oxygen atoms in total. The van der Waals surface area contributed by atoms with Crippen LogP contribution in [0.1, 0.15) is 44.4 Å². The van der Waals surface area contributed by atoms with Crippen LogP contribution in [0, 0.1) is 11.6 Å². The van der Waals surface area contributed by atoms with Crippen LogP contribution in [0.15, 0.2) is 78.9 Å². The number of imidazole rings is 1. The van der Waals surface area contributed by atoms with Crippen molar-refractivity contribution in [3.8, 4) is 22.6 Å². The van der Waals surface area contributed by atoms with E-state index in [2.05, 4.69) is 47.6 Å². The van der Waals surface area contributed by atoms with Gasteiger partial charge in [0, 0.05) is 36.3 Å². The molecule has 3 aromatic carbocycles. The molecule has 0 fully saturated rings. The second-order valence-corrected chi connectivity index (χ2v) is 8.91. The van der Waals surface area contributed by atoms with E-state index in [-0.39, 0.29) is 5.82 Å². The van der Waals surface area contributed by atoms with Crippen LogP contribution in [0.3, 0.4) is 0 Å². The van der Waals surface area contributed by atoms with Crippen molar-refractivity contribution in [1.29, 1.82) is 0 Å². The summed E-state index contributed by atoms with van der Waals surface area (Å²) < 4.78 is 30.8. The van der Waals surface area contributed by atoms with Crippen molar-refractivity contribution in [3.63, 3.8) is 0 Å². The van der Waals surface area contributed by atoms with Crippen LogP contribution in [0.4, 0.5) is 8.78 Å². The Morgan fingerprint density at radius 2 is 1.49 bits per heavy atom. The van der Waals surface area contributed by atoms with Crippen molar-refractivity contribution in [2.24, 2.45) is 0 Å². The summed E-state index contributed by atoms with van der Waals surface area (Å²) in [5, 5.41) is 0. The van der Waals surface area contributed by atoms with Crippen LogP contribution >= 0.6 is 0 Å². The van der Waals surface area contributed by atoms with E-state index in [0.717, 1.165) is 60.7 Å². The molecule has 0 N–H and O–H groups in total. The van der Waals surface area contributed by atoms with E-state index in [1.165, 1.54) is 18.2 Å². The molecule has 0 saturated carbocycles. The third-order valence-electron chi connectivity index (χ3n) is 6.20.